The van der Waals surface area contributed by atoms with E-state index < -0.39 is 0 Å². The van der Waals surface area contributed by atoms with Gasteiger partial charge in [-0.2, -0.15) is 0 Å². The number of nitrogens with zero attached hydrogens (tertiary/aromatic N) is 5. The van der Waals surface area contributed by atoms with Crippen LogP contribution in [0.2, 0.25) is 0 Å². The smallest absolute Gasteiger partial charge is 0.264 e. The van der Waals surface area contributed by atoms with Crippen LogP contribution in [0.5, 0.6) is 0 Å². The van der Waals surface area contributed by atoms with Crippen molar-refractivity contribution in [2.75, 3.05) is 58.4 Å². The maximum Gasteiger partial charge on any atom is 0.264 e. The number of rotatable bonds is 8. The van der Waals surface area contributed by atoms with E-state index in [9.17, 15) is 4.79 Å². The van der Waals surface area contributed by atoms with Crippen molar-refractivity contribution in [3.05, 3.63) is 41.0 Å². The molecule has 0 aliphatic carbocycles. The van der Waals surface area contributed by atoms with Crippen molar-refractivity contribution in [1.82, 2.24) is 19.8 Å². The number of fused-ring (bicyclic) bond motifs is 1. The Labute approximate surface area is 184 Å². The predicted molar refractivity (Wildman–Crippen MR) is 123 cm³/mol. The number of pyridine rings is 1. The number of ether oxygens (including phenoxy) is 1. The third kappa shape index (κ3) is 5.15. The van der Waals surface area contributed by atoms with Crippen LogP contribution in [-0.4, -0.2) is 79.2 Å². The topological polar surface area (TPSA) is 61.8 Å². The van der Waals surface area contributed by atoms with E-state index in [1.54, 1.807) is 23.7 Å². The van der Waals surface area contributed by atoms with Crippen LogP contribution in [0.4, 0.5) is 5.13 Å². The van der Waals surface area contributed by atoms with Gasteiger partial charge < -0.3 is 14.5 Å². The van der Waals surface area contributed by atoms with Crippen molar-refractivity contribution in [3.8, 4) is 0 Å². The van der Waals surface area contributed by atoms with Gasteiger partial charge in [0.2, 0.25) is 0 Å². The number of thiazole rings is 1. The molecule has 0 aromatic carbocycles. The zero-order valence-corrected chi connectivity index (χ0v) is 19.0. The molecule has 1 saturated heterocycles. The Morgan fingerprint density at radius 3 is 2.67 bits per heavy atom. The number of aromatic nitrogens is 2. The number of carbonyl (C=O) groups is 1. The average molecular weight is 446 g/mol. The van der Waals surface area contributed by atoms with Gasteiger partial charge in [0.15, 0.2) is 5.13 Å². The lowest BCUT2D eigenvalue weighted by Gasteiger charge is -2.28. The van der Waals surface area contributed by atoms with Crippen molar-refractivity contribution >= 4 is 43.2 Å². The van der Waals surface area contributed by atoms with Crippen molar-refractivity contribution in [3.63, 3.8) is 0 Å². The second-order valence-electron chi connectivity index (χ2n) is 7.56. The first-order valence-corrected chi connectivity index (χ1v) is 11.8. The molecule has 160 valence electrons. The van der Waals surface area contributed by atoms with E-state index >= 15 is 0 Å². The molecular formula is C21H27N5O2S2. The molecule has 1 aliphatic heterocycles. The molecule has 3 aromatic heterocycles. The van der Waals surface area contributed by atoms with Crippen LogP contribution in [0.1, 0.15) is 21.7 Å². The van der Waals surface area contributed by atoms with E-state index in [1.807, 2.05) is 42.1 Å². The summed E-state index contributed by atoms with van der Waals surface area (Å²) in [6, 6.07) is 5.94. The van der Waals surface area contributed by atoms with Gasteiger partial charge in [-0.15, -0.1) is 11.3 Å². The molecule has 30 heavy (non-hydrogen) atoms. The number of hydrogen-bond acceptors (Lipinski definition) is 8. The second-order valence-corrected chi connectivity index (χ2v) is 9.60. The minimum absolute atomic E-state index is 0.0791. The Morgan fingerprint density at radius 1 is 1.20 bits per heavy atom. The number of carbonyl (C=O) groups excluding carboxylic acids is 1. The SMILES string of the molecule is CN(C)c1nc2sc(C(=O)N(CCCN3CCOCC3)Cc3ccncc3)cc2s1. The van der Waals surface area contributed by atoms with Crippen molar-refractivity contribution in [2.24, 2.45) is 0 Å². The summed E-state index contributed by atoms with van der Waals surface area (Å²) in [4.78, 5) is 30.2. The third-order valence-corrected chi connectivity index (χ3v) is 7.40. The highest BCUT2D eigenvalue weighted by atomic mass is 32.1. The molecule has 7 nitrogen and oxygen atoms in total. The lowest BCUT2D eigenvalue weighted by molar-refractivity contribution is 0.0356. The molecule has 4 heterocycles. The summed E-state index contributed by atoms with van der Waals surface area (Å²) in [5.74, 6) is 0.0791. The molecule has 0 unspecified atom stereocenters. The van der Waals surface area contributed by atoms with Crippen LogP contribution < -0.4 is 4.90 Å². The van der Waals surface area contributed by atoms with Crippen molar-refractivity contribution < 1.29 is 9.53 Å². The van der Waals surface area contributed by atoms with E-state index in [1.165, 1.54) is 11.3 Å². The molecule has 0 saturated carbocycles. The van der Waals surface area contributed by atoms with Crippen LogP contribution in [0.3, 0.4) is 0 Å². The summed E-state index contributed by atoms with van der Waals surface area (Å²) in [5.41, 5.74) is 1.09. The summed E-state index contributed by atoms with van der Waals surface area (Å²) < 4.78 is 6.50. The lowest BCUT2D eigenvalue weighted by atomic mass is 10.2. The molecule has 0 spiro atoms. The fourth-order valence-corrected chi connectivity index (χ4v) is 5.55. The molecule has 1 amide bonds. The van der Waals surface area contributed by atoms with Crippen LogP contribution in [-0.2, 0) is 11.3 Å². The Hall–Kier alpha value is -2.07. The van der Waals surface area contributed by atoms with Crippen molar-refractivity contribution in [2.45, 2.75) is 13.0 Å². The summed E-state index contributed by atoms with van der Waals surface area (Å²) in [5, 5.41) is 0.967. The highest BCUT2D eigenvalue weighted by molar-refractivity contribution is 7.29. The van der Waals surface area contributed by atoms with Gasteiger partial charge in [0, 0.05) is 59.2 Å². The number of thiophene rings is 1. The number of anilines is 1. The quantitative estimate of drug-likeness (QED) is 0.531. The zero-order chi connectivity index (χ0) is 20.9. The Bertz CT molecular complexity index is 935. The first kappa shape index (κ1) is 21.2. The molecule has 0 radical (unpaired) electrons. The minimum atomic E-state index is 0.0791. The number of morpholine rings is 1. The number of amides is 1. The maximum atomic E-state index is 13.4. The molecular weight excluding hydrogens is 418 g/mol. The molecule has 0 bridgehead atoms. The molecule has 1 aliphatic rings. The largest absolute Gasteiger partial charge is 0.379 e. The van der Waals surface area contributed by atoms with E-state index in [4.69, 9.17) is 4.74 Å². The molecule has 0 atom stereocenters. The molecule has 0 N–H and O–H groups in total. The molecule has 4 rings (SSSR count). The van der Waals surface area contributed by atoms with Gasteiger partial charge >= 0.3 is 0 Å². The normalized spacial score (nSPS) is 14.9. The third-order valence-electron chi connectivity index (χ3n) is 5.09. The number of hydrogen-bond donors (Lipinski definition) is 0. The van der Waals surface area contributed by atoms with Crippen LogP contribution in [0.15, 0.2) is 30.6 Å². The van der Waals surface area contributed by atoms with E-state index in [0.717, 1.165) is 70.9 Å². The second kappa shape index (κ2) is 9.82. The highest BCUT2D eigenvalue weighted by Gasteiger charge is 2.21. The molecule has 9 heteroatoms. The zero-order valence-electron chi connectivity index (χ0n) is 17.4. The van der Waals surface area contributed by atoms with Crippen molar-refractivity contribution in [1.29, 1.82) is 0 Å². The van der Waals surface area contributed by atoms with Gasteiger partial charge in [-0.05, 0) is 30.2 Å². The Kier molecular flexibility index (Phi) is 6.93. The van der Waals surface area contributed by atoms with E-state index in [-0.39, 0.29) is 5.91 Å². The Balaban J connectivity index is 1.46. The van der Waals surface area contributed by atoms with Gasteiger partial charge in [0.1, 0.15) is 4.83 Å². The monoisotopic (exact) mass is 445 g/mol. The standard InChI is InChI=1S/C21H27N5O2S2/c1-24(2)21-23-19-17(30-21)14-18(29-19)20(27)26(15-16-4-6-22-7-5-16)9-3-8-25-10-12-28-13-11-25/h4-7,14H,3,8-13,15H2,1-2H3. The summed E-state index contributed by atoms with van der Waals surface area (Å²) in [7, 11) is 3.97. The average Bonchev–Trinajstić information content (AvgIpc) is 3.34. The van der Waals surface area contributed by atoms with Crippen LogP contribution in [0, 0.1) is 0 Å². The van der Waals surface area contributed by atoms with Crippen LogP contribution in [0.25, 0.3) is 9.53 Å². The molecule has 1 fully saturated rings. The highest BCUT2D eigenvalue weighted by Crippen LogP contribution is 2.34. The maximum absolute atomic E-state index is 13.4. The minimum Gasteiger partial charge on any atom is -0.379 e. The van der Waals surface area contributed by atoms with E-state index in [0.29, 0.717) is 6.54 Å². The fourth-order valence-electron chi connectivity index (χ4n) is 3.45. The summed E-state index contributed by atoms with van der Waals surface area (Å²) in [6.07, 6.45) is 4.50. The lowest BCUT2D eigenvalue weighted by Crippen LogP contribution is -2.39. The van der Waals surface area contributed by atoms with Gasteiger partial charge in [-0.25, -0.2) is 4.98 Å². The summed E-state index contributed by atoms with van der Waals surface area (Å²) in [6.45, 7) is 5.84. The fraction of sp³-hybridized carbons (Fsp3) is 0.476. The predicted octanol–water partition coefficient (Wildman–Crippen LogP) is 3.18. The van der Waals surface area contributed by atoms with E-state index in [2.05, 4.69) is 14.9 Å². The molecule has 3 aromatic rings. The van der Waals surface area contributed by atoms with Crippen LogP contribution >= 0.6 is 22.7 Å². The van der Waals surface area contributed by atoms with Gasteiger partial charge in [0.05, 0.1) is 22.8 Å². The summed E-state index contributed by atoms with van der Waals surface area (Å²) >= 11 is 3.11. The van der Waals surface area contributed by atoms with Gasteiger partial charge in [-0.3, -0.25) is 14.7 Å². The first-order valence-electron chi connectivity index (χ1n) is 10.2. The Morgan fingerprint density at radius 2 is 1.97 bits per heavy atom. The van der Waals surface area contributed by atoms with Gasteiger partial charge in [0.25, 0.3) is 5.91 Å². The first-order chi connectivity index (χ1) is 14.6. The van der Waals surface area contributed by atoms with Gasteiger partial charge in [-0.1, -0.05) is 11.3 Å².